The standard InChI is InChI=1S/C8H8N6/c1-6-13-8(4-11-14-6)2-7-3-10-12-5-9-7/h3-5H,2H2,1H3. The van der Waals surface area contributed by atoms with Crippen molar-refractivity contribution in [1.82, 2.24) is 30.4 Å². The number of nitrogens with zero attached hydrogens (tertiary/aromatic N) is 6. The summed E-state index contributed by atoms with van der Waals surface area (Å²) in [6, 6.07) is 0. The molecule has 2 aromatic heterocycles. The predicted molar refractivity (Wildman–Crippen MR) is 47.2 cm³/mol. The Labute approximate surface area is 80.5 Å². The number of hydrogen-bond acceptors (Lipinski definition) is 6. The molecule has 0 aliphatic rings. The Kier molecular flexibility index (Phi) is 2.35. The lowest BCUT2D eigenvalue weighted by atomic mass is 10.2. The van der Waals surface area contributed by atoms with Gasteiger partial charge in [-0.1, -0.05) is 0 Å². The third-order valence-corrected chi connectivity index (χ3v) is 1.63. The van der Waals surface area contributed by atoms with Crippen LogP contribution in [0.25, 0.3) is 0 Å². The Bertz CT molecular complexity index is 415. The van der Waals surface area contributed by atoms with Crippen LogP contribution in [0.2, 0.25) is 0 Å². The number of aromatic nitrogens is 6. The van der Waals surface area contributed by atoms with Gasteiger partial charge in [0.15, 0.2) is 0 Å². The van der Waals surface area contributed by atoms with Gasteiger partial charge in [0.2, 0.25) is 0 Å². The summed E-state index contributed by atoms with van der Waals surface area (Å²) in [5.41, 5.74) is 1.65. The smallest absolute Gasteiger partial charge is 0.148 e. The molecule has 14 heavy (non-hydrogen) atoms. The quantitative estimate of drug-likeness (QED) is 0.657. The fraction of sp³-hybridized carbons (Fsp3) is 0.250. The molecule has 70 valence electrons. The van der Waals surface area contributed by atoms with E-state index in [2.05, 4.69) is 30.4 Å². The van der Waals surface area contributed by atoms with Crippen LogP contribution in [0.5, 0.6) is 0 Å². The van der Waals surface area contributed by atoms with Gasteiger partial charge in [0, 0.05) is 6.42 Å². The van der Waals surface area contributed by atoms with Crippen LogP contribution in [0.15, 0.2) is 18.7 Å². The van der Waals surface area contributed by atoms with E-state index in [0.717, 1.165) is 11.4 Å². The first-order valence-corrected chi connectivity index (χ1v) is 4.11. The average molecular weight is 188 g/mol. The van der Waals surface area contributed by atoms with Crippen LogP contribution in [0.1, 0.15) is 17.2 Å². The summed E-state index contributed by atoms with van der Waals surface area (Å²) in [5, 5.41) is 14.9. The van der Waals surface area contributed by atoms with Gasteiger partial charge >= 0.3 is 0 Å². The van der Waals surface area contributed by atoms with E-state index in [1.807, 2.05) is 0 Å². The molecule has 0 aliphatic carbocycles. The zero-order valence-corrected chi connectivity index (χ0v) is 7.62. The molecule has 2 aromatic rings. The monoisotopic (exact) mass is 188 g/mol. The number of rotatable bonds is 2. The highest BCUT2D eigenvalue weighted by molar-refractivity contribution is 5.07. The first-order chi connectivity index (χ1) is 6.84. The highest BCUT2D eigenvalue weighted by atomic mass is 15.1. The van der Waals surface area contributed by atoms with E-state index in [4.69, 9.17) is 0 Å². The summed E-state index contributed by atoms with van der Waals surface area (Å²) >= 11 is 0. The molecule has 6 nitrogen and oxygen atoms in total. The lowest BCUT2D eigenvalue weighted by Gasteiger charge is -1.98. The van der Waals surface area contributed by atoms with Crippen LogP contribution >= 0.6 is 0 Å². The third kappa shape index (κ3) is 2.03. The first kappa shape index (κ1) is 8.61. The van der Waals surface area contributed by atoms with Gasteiger partial charge in [0.25, 0.3) is 0 Å². The average Bonchev–Trinajstić information content (AvgIpc) is 2.19. The zero-order valence-electron chi connectivity index (χ0n) is 7.62. The molecular formula is C8H8N6. The SMILES string of the molecule is Cc1nncc(Cc2cnncn2)n1. The lowest BCUT2D eigenvalue weighted by Crippen LogP contribution is -2.00. The molecular weight excluding hydrogens is 180 g/mol. The molecule has 0 bridgehead atoms. The molecule has 2 rings (SSSR count). The van der Waals surface area contributed by atoms with Gasteiger partial charge in [0.05, 0.1) is 23.8 Å². The van der Waals surface area contributed by atoms with Crippen LogP contribution in [-0.4, -0.2) is 30.4 Å². The molecule has 0 aliphatic heterocycles. The van der Waals surface area contributed by atoms with Crippen LogP contribution in [-0.2, 0) is 6.42 Å². The van der Waals surface area contributed by atoms with Crippen molar-refractivity contribution < 1.29 is 0 Å². The normalized spacial score (nSPS) is 10.1. The summed E-state index contributed by atoms with van der Waals surface area (Å²) in [5.74, 6) is 0.657. The maximum Gasteiger partial charge on any atom is 0.148 e. The van der Waals surface area contributed by atoms with Gasteiger partial charge in [0.1, 0.15) is 12.2 Å². The fourth-order valence-corrected chi connectivity index (χ4v) is 1.06. The molecule has 0 N–H and O–H groups in total. The Morgan fingerprint density at radius 2 is 1.93 bits per heavy atom. The van der Waals surface area contributed by atoms with Crippen molar-refractivity contribution in [2.75, 3.05) is 0 Å². The van der Waals surface area contributed by atoms with Gasteiger partial charge in [-0.15, -0.1) is 10.2 Å². The van der Waals surface area contributed by atoms with E-state index < -0.39 is 0 Å². The summed E-state index contributed by atoms with van der Waals surface area (Å²) in [7, 11) is 0. The number of hydrogen-bond donors (Lipinski definition) is 0. The molecule has 0 amide bonds. The highest BCUT2D eigenvalue weighted by Gasteiger charge is 2.00. The second-order valence-electron chi connectivity index (χ2n) is 2.77. The molecule has 0 radical (unpaired) electrons. The largest absolute Gasteiger partial charge is 0.237 e. The maximum atomic E-state index is 4.21. The van der Waals surface area contributed by atoms with Crippen molar-refractivity contribution in [3.8, 4) is 0 Å². The summed E-state index contributed by atoms with van der Waals surface area (Å²) in [6.07, 6.45) is 5.25. The van der Waals surface area contributed by atoms with Gasteiger partial charge in [-0.2, -0.15) is 10.2 Å². The van der Waals surface area contributed by atoms with Crippen molar-refractivity contribution in [3.63, 3.8) is 0 Å². The summed E-state index contributed by atoms with van der Waals surface area (Å²) in [4.78, 5) is 8.25. The minimum Gasteiger partial charge on any atom is -0.237 e. The second kappa shape index (κ2) is 3.82. The summed E-state index contributed by atoms with van der Waals surface area (Å²) in [6.45, 7) is 1.80. The van der Waals surface area contributed by atoms with Crippen molar-refractivity contribution in [1.29, 1.82) is 0 Å². The van der Waals surface area contributed by atoms with E-state index in [1.54, 1.807) is 19.3 Å². The Morgan fingerprint density at radius 1 is 1.07 bits per heavy atom. The maximum absolute atomic E-state index is 4.21. The van der Waals surface area contributed by atoms with Crippen LogP contribution in [0.4, 0.5) is 0 Å². The highest BCUT2D eigenvalue weighted by Crippen LogP contribution is 2.00. The van der Waals surface area contributed by atoms with E-state index >= 15 is 0 Å². The topological polar surface area (TPSA) is 77.3 Å². The van der Waals surface area contributed by atoms with Gasteiger partial charge < -0.3 is 0 Å². The minimum atomic E-state index is 0.603. The molecule has 0 saturated heterocycles. The van der Waals surface area contributed by atoms with Crippen molar-refractivity contribution >= 4 is 0 Å². The molecule has 2 heterocycles. The molecule has 0 aromatic carbocycles. The first-order valence-electron chi connectivity index (χ1n) is 4.11. The Morgan fingerprint density at radius 3 is 2.64 bits per heavy atom. The lowest BCUT2D eigenvalue weighted by molar-refractivity contribution is 0.839. The number of aryl methyl sites for hydroxylation is 1. The zero-order chi connectivity index (χ0) is 9.80. The third-order valence-electron chi connectivity index (χ3n) is 1.63. The van der Waals surface area contributed by atoms with Crippen LogP contribution in [0, 0.1) is 6.92 Å². The molecule has 0 atom stereocenters. The Hall–Kier alpha value is -1.98. The van der Waals surface area contributed by atoms with E-state index in [-0.39, 0.29) is 0 Å². The Balaban J connectivity index is 2.19. The van der Waals surface area contributed by atoms with Crippen molar-refractivity contribution in [2.45, 2.75) is 13.3 Å². The molecule has 0 fully saturated rings. The van der Waals surface area contributed by atoms with Crippen LogP contribution in [0.3, 0.4) is 0 Å². The van der Waals surface area contributed by atoms with E-state index in [0.29, 0.717) is 12.2 Å². The van der Waals surface area contributed by atoms with E-state index in [9.17, 15) is 0 Å². The van der Waals surface area contributed by atoms with E-state index in [1.165, 1.54) is 6.33 Å². The van der Waals surface area contributed by atoms with Crippen LogP contribution < -0.4 is 0 Å². The molecule has 0 unspecified atom stereocenters. The molecule has 0 saturated carbocycles. The van der Waals surface area contributed by atoms with Gasteiger partial charge in [-0.3, -0.25) is 0 Å². The predicted octanol–water partition coefficient (Wildman–Crippen LogP) is -0.0442. The second-order valence-corrected chi connectivity index (χ2v) is 2.77. The summed E-state index contributed by atoms with van der Waals surface area (Å²) < 4.78 is 0. The fourth-order valence-electron chi connectivity index (χ4n) is 1.06. The molecule has 0 spiro atoms. The van der Waals surface area contributed by atoms with Gasteiger partial charge in [-0.25, -0.2) is 9.97 Å². The van der Waals surface area contributed by atoms with Gasteiger partial charge in [-0.05, 0) is 6.92 Å². The minimum absolute atomic E-state index is 0.603. The molecule has 6 heteroatoms. The van der Waals surface area contributed by atoms with Crippen molar-refractivity contribution in [3.05, 3.63) is 35.9 Å². The van der Waals surface area contributed by atoms with Crippen molar-refractivity contribution in [2.24, 2.45) is 0 Å².